The van der Waals surface area contributed by atoms with Crippen LogP contribution in [-0.4, -0.2) is 22.8 Å². The fourth-order valence-electron chi connectivity index (χ4n) is 2.23. The van der Waals surface area contributed by atoms with Gasteiger partial charge in [-0.05, 0) is 43.7 Å². The van der Waals surface area contributed by atoms with Crippen molar-refractivity contribution in [3.63, 3.8) is 0 Å². The maximum atomic E-state index is 5.38. The molecule has 0 saturated heterocycles. The number of imidazole rings is 1. The number of aryl methyl sites for hydroxylation is 1. The molecule has 4 heteroatoms. The van der Waals surface area contributed by atoms with Crippen molar-refractivity contribution >= 4 is 22.4 Å². The first-order valence-corrected chi connectivity index (χ1v) is 6.82. The number of benzene rings is 2. The van der Waals surface area contributed by atoms with Crippen LogP contribution in [0.1, 0.15) is 18.3 Å². The lowest BCUT2D eigenvalue weighted by molar-refractivity contribution is 0.416. The molecule has 0 amide bonds. The molecule has 0 aliphatic heterocycles. The Labute approximate surface area is 123 Å². The smallest absolute Gasteiger partial charge is 0.152 e. The molecule has 1 N–H and O–H groups in total. The highest BCUT2D eigenvalue weighted by Gasteiger charge is 2.07. The van der Waals surface area contributed by atoms with E-state index in [2.05, 4.69) is 15.0 Å². The SMILES string of the molecule is COc1cc(C)ccc1N=C(C)c1nc2ccccc2[nH]1. The summed E-state index contributed by atoms with van der Waals surface area (Å²) in [6, 6.07) is 13.9. The van der Waals surface area contributed by atoms with E-state index in [1.54, 1.807) is 7.11 Å². The summed E-state index contributed by atoms with van der Waals surface area (Å²) in [5.41, 5.74) is 4.73. The number of nitrogens with zero attached hydrogens (tertiary/aromatic N) is 2. The number of rotatable bonds is 3. The second kappa shape index (κ2) is 5.40. The van der Waals surface area contributed by atoms with Crippen LogP contribution in [0, 0.1) is 6.92 Å². The zero-order valence-electron chi connectivity index (χ0n) is 12.3. The van der Waals surface area contributed by atoms with Crippen LogP contribution in [0.5, 0.6) is 5.75 Å². The molecule has 3 rings (SSSR count). The molecule has 21 heavy (non-hydrogen) atoms. The van der Waals surface area contributed by atoms with E-state index in [9.17, 15) is 0 Å². The molecular formula is C17H17N3O. The Hall–Kier alpha value is -2.62. The van der Waals surface area contributed by atoms with E-state index in [1.807, 2.05) is 56.3 Å². The minimum atomic E-state index is 0.769. The predicted octanol–water partition coefficient (Wildman–Crippen LogP) is 4.02. The van der Waals surface area contributed by atoms with Crippen molar-refractivity contribution in [1.29, 1.82) is 0 Å². The normalized spacial score (nSPS) is 11.9. The molecule has 4 nitrogen and oxygen atoms in total. The van der Waals surface area contributed by atoms with Gasteiger partial charge in [0.25, 0.3) is 0 Å². The Bertz CT molecular complexity index is 785. The van der Waals surface area contributed by atoms with Crippen molar-refractivity contribution in [3.05, 3.63) is 53.9 Å². The summed E-state index contributed by atoms with van der Waals surface area (Å²) in [5.74, 6) is 1.55. The maximum absolute atomic E-state index is 5.38. The van der Waals surface area contributed by atoms with Crippen LogP contribution in [0.3, 0.4) is 0 Å². The van der Waals surface area contributed by atoms with Gasteiger partial charge in [0.1, 0.15) is 11.4 Å². The largest absolute Gasteiger partial charge is 0.494 e. The quantitative estimate of drug-likeness (QED) is 0.736. The van der Waals surface area contributed by atoms with Crippen molar-refractivity contribution in [3.8, 4) is 5.75 Å². The van der Waals surface area contributed by atoms with E-state index in [-0.39, 0.29) is 0 Å². The zero-order chi connectivity index (χ0) is 14.8. The van der Waals surface area contributed by atoms with Crippen LogP contribution < -0.4 is 4.74 Å². The molecule has 0 radical (unpaired) electrons. The minimum absolute atomic E-state index is 0.769. The van der Waals surface area contributed by atoms with Crippen LogP contribution in [0.15, 0.2) is 47.5 Å². The Morgan fingerprint density at radius 3 is 2.76 bits per heavy atom. The fourth-order valence-corrected chi connectivity index (χ4v) is 2.23. The van der Waals surface area contributed by atoms with Gasteiger partial charge in [-0.1, -0.05) is 18.2 Å². The minimum Gasteiger partial charge on any atom is -0.494 e. The summed E-state index contributed by atoms with van der Waals surface area (Å²) in [5, 5.41) is 0. The first-order chi connectivity index (χ1) is 10.2. The topological polar surface area (TPSA) is 50.3 Å². The van der Waals surface area contributed by atoms with E-state index in [4.69, 9.17) is 4.74 Å². The molecule has 0 saturated carbocycles. The van der Waals surface area contributed by atoms with Gasteiger partial charge in [0.15, 0.2) is 5.82 Å². The number of para-hydroxylation sites is 2. The maximum Gasteiger partial charge on any atom is 0.152 e. The Morgan fingerprint density at radius 2 is 2.00 bits per heavy atom. The number of methoxy groups -OCH3 is 1. The number of hydrogen-bond acceptors (Lipinski definition) is 3. The number of ether oxygens (including phenoxy) is 1. The van der Waals surface area contributed by atoms with Gasteiger partial charge in [-0.3, -0.25) is 0 Å². The second-order valence-corrected chi connectivity index (χ2v) is 4.98. The summed E-state index contributed by atoms with van der Waals surface area (Å²) < 4.78 is 5.38. The number of nitrogens with one attached hydrogen (secondary N) is 1. The molecule has 0 unspecified atom stereocenters. The molecule has 1 heterocycles. The van der Waals surface area contributed by atoms with Gasteiger partial charge in [0.2, 0.25) is 0 Å². The van der Waals surface area contributed by atoms with Crippen molar-refractivity contribution in [2.45, 2.75) is 13.8 Å². The van der Waals surface area contributed by atoms with Crippen LogP contribution in [0.2, 0.25) is 0 Å². The van der Waals surface area contributed by atoms with Gasteiger partial charge in [-0.15, -0.1) is 0 Å². The lowest BCUT2D eigenvalue weighted by Gasteiger charge is -2.06. The first kappa shape index (κ1) is 13.4. The van der Waals surface area contributed by atoms with Gasteiger partial charge in [-0.2, -0.15) is 0 Å². The number of aromatic nitrogens is 2. The highest BCUT2D eigenvalue weighted by Crippen LogP contribution is 2.28. The molecule has 0 aliphatic carbocycles. The molecule has 2 aromatic carbocycles. The van der Waals surface area contributed by atoms with E-state index >= 15 is 0 Å². The van der Waals surface area contributed by atoms with Gasteiger partial charge in [0, 0.05) is 0 Å². The summed E-state index contributed by atoms with van der Waals surface area (Å²) in [6.07, 6.45) is 0. The van der Waals surface area contributed by atoms with Crippen molar-refractivity contribution in [2.24, 2.45) is 4.99 Å². The molecule has 0 atom stereocenters. The molecule has 106 valence electrons. The molecule has 0 aliphatic rings. The molecule has 0 fully saturated rings. The number of H-pyrrole nitrogens is 1. The fraction of sp³-hybridized carbons (Fsp3) is 0.176. The van der Waals surface area contributed by atoms with E-state index in [0.717, 1.165) is 39.6 Å². The average Bonchev–Trinajstić information content (AvgIpc) is 2.93. The number of aliphatic imine (C=N–C) groups is 1. The predicted molar refractivity (Wildman–Crippen MR) is 85.7 cm³/mol. The standard InChI is InChI=1S/C17H17N3O/c1-11-8-9-15(16(10-11)21-3)18-12(2)17-19-13-6-4-5-7-14(13)20-17/h4-10H,1-3H3,(H,19,20). The number of fused-ring (bicyclic) bond motifs is 1. The highest BCUT2D eigenvalue weighted by atomic mass is 16.5. The molecule has 3 aromatic rings. The summed E-state index contributed by atoms with van der Waals surface area (Å²) in [4.78, 5) is 12.5. The number of hydrogen-bond donors (Lipinski definition) is 1. The third-order valence-corrected chi connectivity index (χ3v) is 3.36. The van der Waals surface area contributed by atoms with Crippen molar-refractivity contribution in [1.82, 2.24) is 9.97 Å². The Morgan fingerprint density at radius 1 is 1.19 bits per heavy atom. The first-order valence-electron chi connectivity index (χ1n) is 6.82. The molecule has 1 aromatic heterocycles. The number of aromatic amines is 1. The van der Waals surface area contributed by atoms with Crippen LogP contribution >= 0.6 is 0 Å². The van der Waals surface area contributed by atoms with Crippen molar-refractivity contribution < 1.29 is 4.74 Å². The van der Waals surface area contributed by atoms with Gasteiger partial charge in [0.05, 0.1) is 23.9 Å². The Balaban J connectivity index is 2.02. The van der Waals surface area contributed by atoms with Gasteiger partial charge in [-0.25, -0.2) is 9.98 Å². The van der Waals surface area contributed by atoms with Crippen molar-refractivity contribution in [2.75, 3.05) is 7.11 Å². The van der Waals surface area contributed by atoms with Crippen LogP contribution in [-0.2, 0) is 0 Å². The summed E-state index contributed by atoms with van der Waals surface area (Å²) in [7, 11) is 1.66. The third-order valence-electron chi connectivity index (χ3n) is 3.36. The van der Waals surface area contributed by atoms with E-state index < -0.39 is 0 Å². The van der Waals surface area contributed by atoms with Gasteiger partial charge >= 0.3 is 0 Å². The zero-order valence-corrected chi connectivity index (χ0v) is 12.3. The van der Waals surface area contributed by atoms with Crippen LogP contribution in [0.4, 0.5) is 5.69 Å². The third kappa shape index (κ3) is 2.65. The van der Waals surface area contributed by atoms with E-state index in [1.165, 1.54) is 0 Å². The lowest BCUT2D eigenvalue weighted by atomic mass is 10.2. The van der Waals surface area contributed by atoms with E-state index in [0.29, 0.717) is 0 Å². The lowest BCUT2D eigenvalue weighted by Crippen LogP contribution is -1.97. The highest BCUT2D eigenvalue weighted by molar-refractivity contribution is 5.99. The average molecular weight is 279 g/mol. The monoisotopic (exact) mass is 279 g/mol. The second-order valence-electron chi connectivity index (χ2n) is 4.98. The van der Waals surface area contributed by atoms with Crippen LogP contribution in [0.25, 0.3) is 11.0 Å². The Kier molecular flexibility index (Phi) is 3.44. The summed E-state index contributed by atoms with van der Waals surface area (Å²) >= 11 is 0. The molecular weight excluding hydrogens is 262 g/mol. The molecule has 0 bridgehead atoms. The van der Waals surface area contributed by atoms with Gasteiger partial charge < -0.3 is 9.72 Å². The summed E-state index contributed by atoms with van der Waals surface area (Å²) in [6.45, 7) is 3.97. The molecule has 0 spiro atoms.